The van der Waals surface area contributed by atoms with Crippen molar-refractivity contribution in [1.29, 1.82) is 0 Å². The lowest BCUT2D eigenvalue weighted by atomic mass is 9.95. The number of esters is 1. The Labute approximate surface area is 168 Å². The number of carbonyl (C=O) groups is 2. The highest BCUT2D eigenvalue weighted by Gasteiger charge is 2.31. The molecule has 9 heteroatoms. The van der Waals surface area contributed by atoms with Gasteiger partial charge in [-0.2, -0.15) is 8.42 Å². The van der Waals surface area contributed by atoms with E-state index in [9.17, 15) is 18.0 Å². The number of aryl methyl sites for hydroxylation is 1. The van der Waals surface area contributed by atoms with Gasteiger partial charge < -0.3 is 19.6 Å². The first-order valence-corrected chi connectivity index (χ1v) is 10.1. The molecule has 0 bridgehead atoms. The second kappa shape index (κ2) is 7.96. The smallest absolute Gasteiger partial charge is 0.339 e. The Morgan fingerprint density at radius 2 is 1.62 bits per heavy atom. The van der Waals surface area contributed by atoms with Crippen molar-refractivity contribution in [1.82, 2.24) is 10.6 Å². The van der Waals surface area contributed by atoms with E-state index in [0.717, 1.165) is 5.56 Å². The third kappa shape index (κ3) is 4.40. The first kappa shape index (κ1) is 20.4. The molecule has 29 heavy (non-hydrogen) atoms. The van der Waals surface area contributed by atoms with E-state index in [-0.39, 0.29) is 16.2 Å². The SMILES string of the molecule is COC(=O)C1=C(C)NC(=O)NC1c1ccc(OS(=O)(=O)c2ccc(C)cc2)cc1. The molecule has 1 atom stereocenters. The molecule has 1 aliphatic heterocycles. The predicted octanol–water partition coefficient (Wildman–Crippen LogP) is 2.56. The van der Waals surface area contributed by atoms with Crippen LogP contribution in [0.4, 0.5) is 4.79 Å². The van der Waals surface area contributed by atoms with Crippen LogP contribution in [-0.2, 0) is 19.6 Å². The summed E-state index contributed by atoms with van der Waals surface area (Å²) in [6.07, 6.45) is 0. The van der Waals surface area contributed by atoms with E-state index in [1.54, 1.807) is 31.2 Å². The number of ether oxygens (including phenoxy) is 1. The van der Waals surface area contributed by atoms with Crippen LogP contribution in [-0.4, -0.2) is 27.5 Å². The molecule has 0 radical (unpaired) electrons. The summed E-state index contributed by atoms with van der Waals surface area (Å²) in [7, 11) is -2.72. The summed E-state index contributed by atoms with van der Waals surface area (Å²) in [5.74, 6) is -0.475. The van der Waals surface area contributed by atoms with Crippen molar-refractivity contribution in [2.75, 3.05) is 7.11 Å². The molecule has 2 aromatic carbocycles. The fraction of sp³-hybridized carbons (Fsp3) is 0.200. The van der Waals surface area contributed by atoms with E-state index >= 15 is 0 Å². The van der Waals surface area contributed by atoms with Crippen LogP contribution in [0.3, 0.4) is 0 Å². The van der Waals surface area contributed by atoms with Gasteiger partial charge in [-0.1, -0.05) is 29.8 Å². The maximum Gasteiger partial charge on any atom is 0.339 e. The molecule has 1 heterocycles. The molecule has 0 aromatic heterocycles. The van der Waals surface area contributed by atoms with Gasteiger partial charge in [0.05, 0.1) is 18.7 Å². The normalized spacial score (nSPS) is 16.7. The molecule has 0 saturated heterocycles. The van der Waals surface area contributed by atoms with E-state index in [4.69, 9.17) is 8.92 Å². The standard InChI is InChI=1S/C20H20N2O6S/c1-12-4-10-16(11-5-12)29(25,26)28-15-8-6-14(7-9-15)18-17(19(23)27-3)13(2)21-20(24)22-18/h4-11,18H,1-3H3,(H2,21,22,24). The van der Waals surface area contributed by atoms with Crippen LogP contribution >= 0.6 is 0 Å². The van der Waals surface area contributed by atoms with Gasteiger partial charge in [0.1, 0.15) is 10.6 Å². The van der Waals surface area contributed by atoms with Gasteiger partial charge in [-0.3, -0.25) is 0 Å². The molecule has 152 valence electrons. The summed E-state index contributed by atoms with van der Waals surface area (Å²) in [4.78, 5) is 24.0. The summed E-state index contributed by atoms with van der Waals surface area (Å²) in [5.41, 5.74) is 2.14. The number of hydrogen-bond acceptors (Lipinski definition) is 6. The number of rotatable bonds is 5. The van der Waals surface area contributed by atoms with Gasteiger partial charge in [-0.25, -0.2) is 9.59 Å². The number of benzene rings is 2. The molecule has 0 fully saturated rings. The average molecular weight is 416 g/mol. The number of amides is 2. The number of allylic oxidation sites excluding steroid dienone is 1. The highest BCUT2D eigenvalue weighted by Crippen LogP contribution is 2.29. The van der Waals surface area contributed by atoms with Crippen LogP contribution in [0, 0.1) is 6.92 Å². The molecule has 2 aromatic rings. The average Bonchev–Trinajstić information content (AvgIpc) is 2.67. The van der Waals surface area contributed by atoms with Crippen molar-refractivity contribution in [3.05, 3.63) is 70.9 Å². The lowest BCUT2D eigenvalue weighted by Gasteiger charge is -2.27. The van der Waals surface area contributed by atoms with E-state index in [1.165, 1.54) is 31.4 Å². The molecule has 0 saturated carbocycles. The van der Waals surface area contributed by atoms with Gasteiger partial charge in [0.15, 0.2) is 0 Å². The quantitative estimate of drug-likeness (QED) is 0.573. The molecular weight excluding hydrogens is 396 g/mol. The number of methoxy groups -OCH3 is 1. The Balaban J connectivity index is 1.86. The van der Waals surface area contributed by atoms with Crippen LogP contribution < -0.4 is 14.8 Å². The van der Waals surface area contributed by atoms with Gasteiger partial charge in [0.2, 0.25) is 0 Å². The third-order valence-corrected chi connectivity index (χ3v) is 5.66. The highest BCUT2D eigenvalue weighted by atomic mass is 32.2. The lowest BCUT2D eigenvalue weighted by molar-refractivity contribution is -0.136. The maximum atomic E-state index is 12.4. The molecule has 0 spiro atoms. The zero-order valence-corrected chi connectivity index (χ0v) is 16.9. The van der Waals surface area contributed by atoms with E-state index in [2.05, 4.69) is 10.6 Å². The second-order valence-corrected chi connectivity index (χ2v) is 8.03. The Kier molecular flexibility index (Phi) is 5.60. The second-order valence-electron chi connectivity index (χ2n) is 6.48. The molecule has 0 aliphatic carbocycles. The molecule has 2 amide bonds. The number of hydrogen-bond donors (Lipinski definition) is 2. The summed E-state index contributed by atoms with van der Waals surface area (Å²) in [6.45, 7) is 3.46. The van der Waals surface area contributed by atoms with Crippen molar-refractivity contribution >= 4 is 22.1 Å². The van der Waals surface area contributed by atoms with Crippen LogP contribution in [0.1, 0.15) is 24.1 Å². The fourth-order valence-electron chi connectivity index (χ4n) is 2.92. The molecule has 2 N–H and O–H groups in total. The zero-order valence-electron chi connectivity index (χ0n) is 16.1. The zero-order chi connectivity index (χ0) is 21.2. The predicted molar refractivity (Wildman–Crippen MR) is 105 cm³/mol. The molecule has 3 rings (SSSR count). The van der Waals surface area contributed by atoms with Gasteiger partial charge >= 0.3 is 22.1 Å². The summed E-state index contributed by atoms with van der Waals surface area (Å²) in [6, 6.07) is 11.2. The molecular formula is C20H20N2O6S. The summed E-state index contributed by atoms with van der Waals surface area (Å²) >= 11 is 0. The van der Waals surface area contributed by atoms with Gasteiger partial charge in [-0.15, -0.1) is 0 Å². The highest BCUT2D eigenvalue weighted by molar-refractivity contribution is 7.87. The van der Waals surface area contributed by atoms with Crippen LogP contribution in [0.5, 0.6) is 5.75 Å². The maximum absolute atomic E-state index is 12.4. The summed E-state index contributed by atoms with van der Waals surface area (Å²) < 4.78 is 34.8. The minimum atomic E-state index is -3.98. The monoisotopic (exact) mass is 416 g/mol. The number of urea groups is 1. The molecule has 1 aliphatic rings. The van der Waals surface area contributed by atoms with Crippen molar-refractivity contribution in [3.8, 4) is 5.75 Å². The van der Waals surface area contributed by atoms with Crippen molar-refractivity contribution in [3.63, 3.8) is 0 Å². The van der Waals surface area contributed by atoms with Crippen LogP contribution in [0.15, 0.2) is 64.7 Å². The van der Waals surface area contributed by atoms with E-state index in [0.29, 0.717) is 11.3 Å². The van der Waals surface area contributed by atoms with Crippen molar-refractivity contribution in [2.45, 2.75) is 24.8 Å². The first-order chi connectivity index (χ1) is 13.7. The Morgan fingerprint density at radius 1 is 1.00 bits per heavy atom. The van der Waals surface area contributed by atoms with Crippen LogP contribution in [0.2, 0.25) is 0 Å². The molecule has 8 nitrogen and oxygen atoms in total. The lowest BCUT2D eigenvalue weighted by Crippen LogP contribution is -2.45. The van der Waals surface area contributed by atoms with Gasteiger partial charge in [0, 0.05) is 5.70 Å². The van der Waals surface area contributed by atoms with Gasteiger partial charge in [0.25, 0.3) is 0 Å². The Morgan fingerprint density at radius 3 is 2.21 bits per heavy atom. The first-order valence-electron chi connectivity index (χ1n) is 8.69. The van der Waals surface area contributed by atoms with E-state index < -0.39 is 28.2 Å². The number of nitrogens with one attached hydrogen (secondary N) is 2. The minimum absolute atomic E-state index is 0.0457. The minimum Gasteiger partial charge on any atom is -0.466 e. The summed E-state index contributed by atoms with van der Waals surface area (Å²) in [5, 5.41) is 5.19. The topological polar surface area (TPSA) is 111 Å². The third-order valence-electron chi connectivity index (χ3n) is 4.40. The van der Waals surface area contributed by atoms with Crippen LogP contribution in [0.25, 0.3) is 0 Å². The fourth-order valence-corrected chi connectivity index (χ4v) is 3.85. The molecule has 1 unspecified atom stereocenters. The Hall–Kier alpha value is -3.33. The largest absolute Gasteiger partial charge is 0.466 e. The van der Waals surface area contributed by atoms with Crippen molar-refractivity contribution in [2.24, 2.45) is 0 Å². The van der Waals surface area contributed by atoms with E-state index in [1.807, 2.05) is 6.92 Å². The van der Waals surface area contributed by atoms with Crippen molar-refractivity contribution < 1.29 is 26.9 Å². The Bertz CT molecular complexity index is 1070. The number of carbonyl (C=O) groups excluding carboxylic acids is 2. The van der Waals surface area contributed by atoms with Gasteiger partial charge in [-0.05, 0) is 43.7 Å².